The largest absolute Gasteiger partial charge is 0.309 e. The second-order valence-electron chi connectivity index (χ2n) is 11.5. The van der Waals surface area contributed by atoms with Gasteiger partial charge in [-0.3, -0.25) is 0 Å². The van der Waals surface area contributed by atoms with Crippen LogP contribution in [0, 0.1) is 11.3 Å². The zero-order chi connectivity index (χ0) is 29.9. The van der Waals surface area contributed by atoms with E-state index >= 15 is 0 Å². The SMILES string of the molecule is N#Cc1ccc2c(c1)c1cc(-c3cccc(-c4cc5cc6ccccc6nc5c5ccccc45)c3)ccc1n2-c1ccccc1. The van der Waals surface area contributed by atoms with Crippen molar-refractivity contribution in [2.75, 3.05) is 0 Å². The maximum atomic E-state index is 9.70. The van der Waals surface area contributed by atoms with Crippen LogP contribution in [0.4, 0.5) is 0 Å². The first kappa shape index (κ1) is 25.3. The van der Waals surface area contributed by atoms with Crippen molar-refractivity contribution < 1.29 is 0 Å². The van der Waals surface area contributed by atoms with Crippen LogP contribution in [0.1, 0.15) is 5.56 Å². The summed E-state index contributed by atoms with van der Waals surface area (Å²) in [6.07, 6.45) is 0. The van der Waals surface area contributed by atoms with Gasteiger partial charge in [0.05, 0.1) is 33.7 Å². The molecule has 0 spiro atoms. The normalized spacial score (nSPS) is 11.5. The smallest absolute Gasteiger partial charge is 0.0991 e. The Labute approximate surface area is 259 Å². The van der Waals surface area contributed by atoms with Gasteiger partial charge in [-0.15, -0.1) is 0 Å². The summed E-state index contributed by atoms with van der Waals surface area (Å²) in [5.41, 5.74) is 10.6. The topological polar surface area (TPSA) is 41.6 Å². The first-order valence-corrected chi connectivity index (χ1v) is 15.1. The van der Waals surface area contributed by atoms with Gasteiger partial charge >= 0.3 is 0 Å². The Morgan fingerprint density at radius 2 is 1.20 bits per heavy atom. The lowest BCUT2D eigenvalue weighted by atomic mass is 9.92. The molecular formula is C42H25N3. The van der Waals surface area contributed by atoms with Crippen molar-refractivity contribution in [1.82, 2.24) is 9.55 Å². The summed E-state index contributed by atoms with van der Waals surface area (Å²) in [5.74, 6) is 0. The molecule has 0 aliphatic carbocycles. The van der Waals surface area contributed by atoms with Crippen LogP contribution in [0.25, 0.3) is 82.3 Å². The Bertz CT molecular complexity index is 2660. The fraction of sp³-hybridized carbons (Fsp3) is 0. The average Bonchev–Trinajstić information content (AvgIpc) is 3.44. The second kappa shape index (κ2) is 9.91. The molecule has 0 radical (unpaired) electrons. The van der Waals surface area contributed by atoms with E-state index in [9.17, 15) is 5.26 Å². The molecular weight excluding hydrogens is 546 g/mol. The molecule has 0 amide bonds. The van der Waals surface area contributed by atoms with Crippen molar-refractivity contribution in [1.29, 1.82) is 5.26 Å². The minimum Gasteiger partial charge on any atom is -0.309 e. The van der Waals surface area contributed by atoms with E-state index in [0.717, 1.165) is 71.4 Å². The summed E-state index contributed by atoms with van der Waals surface area (Å²) in [4.78, 5) is 5.07. The summed E-state index contributed by atoms with van der Waals surface area (Å²) in [7, 11) is 0. The molecule has 9 aromatic rings. The number of hydrogen-bond donors (Lipinski definition) is 0. The fourth-order valence-electron chi connectivity index (χ4n) is 6.85. The van der Waals surface area contributed by atoms with Gasteiger partial charge in [-0.1, -0.05) is 84.9 Å². The molecule has 0 aliphatic heterocycles. The van der Waals surface area contributed by atoms with Crippen molar-refractivity contribution in [2.45, 2.75) is 0 Å². The predicted molar refractivity (Wildman–Crippen MR) is 187 cm³/mol. The summed E-state index contributed by atoms with van der Waals surface area (Å²) < 4.78 is 2.28. The molecule has 2 aromatic heterocycles. The third-order valence-corrected chi connectivity index (χ3v) is 8.94. The van der Waals surface area contributed by atoms with E-state index in [1.165, 1.54) is 10.9 Å². The van der Waals surface area contributed by atoms with Crippen LogP contribution in [0.5, 0.6) is 0 Å². The van der Waals surface area contributed by atoms with E-state index < -0.39 is 0 Å². The number of benzene rings is 7. The third-order valence-electron chi connectivity index (χ3n) is 8.94. The van der Waals surface area contributed by atoms with Crippen molar-refractivity contribution in [3.05, 3.63) is 157 Å². The lowest BCUT2D eigenvalue weighted by Gasteiger charge is -2.13. The molecule has 0 atom stereocenters. The van der Waals surface area contributed by atoms with Gasteiger partial charge in [0.2, 0.25) is 0 Å². The Kier molecular flexibility index (Phi) is 5.57. The van der Waals surface area contributed by atoms with E-state index in [2.05, 4.69) is 138 Å². The molecule has 0 saturated heterocycles. The molecule has 0 N–H and O–H groups in total. The van der Waals surface area contributed by atoms with E-state index in [4.69, 9.17) is 4.98 Å². The minimum absolute atomic E-state index is 0.660. The molecule has 7 aromatic carbocycles. The summed E-state index contributed by atoms with van der Waals surface area (Å²) >= 11 is 0. The molecule has 0 fully saturated rings. The molecule has 208 valence electrons. The highest BCUT2D eigenvalue weighted by Crippen LogP contribution is 2.39. The number of fused-ring (bicyclic) bond motifs is 7. The maximum absolute atomic E-state index is 9.70. The number of pyridine rings is 1. The fourth-order valence-corrected chi connectivity index (χ4v) is 6.85. The summed E-state index contributed by atoms with van der Waals surface area (Å²) in [5, 5.41) is 16.5. The highest BCUT2D eigenvalue weighted by Gasteiger charge is 2.15. The van der Waals surface area contributed by atoms with Crippen molar-refractivity contribution in [2.24, 2.45) is 0 Å². The molecule has 2 heterocycles. The molecule has 0 bridgehead atoms. The van der Waals surface area contributed by atoms with Gasteiger partial charge in [0, 0.05) is 32.6 Å². The van der Waals surface area contributed by atoms with Crippen LogP contribution in [0.15, 0.2) is 152 Å². The minimum atomic E-state index is 0.660. The van der Waals surface area contributed by atoms with Crippen LogP contribution in [-0.4, -0.2) is 9.55 Å². The lowest BCUT2D eigenvalue weighted by molar-refractivity contribution is 1.18. The number of nitriles is 1. The van der Waals surface area contributed by atoms with Gasteiger partial charge in [-0.05, 0) is 94.4 Å². The molecule has 45 heavy (non-hydrogen) atoms. The van der Waals surface area contributed by atoms with Crippen LogP contribution >= 0.6 is 0 Å². The Hall–Kier alpha value is -6.24. The zero-order valence-electron chi connectivity index (χ0n) is 24.3. The summed E-state index contributed by atoms with van der Waals surface area (Å²) in [6, 6.07) is 55.6. The van der Waals surface area contributed by atoms with Crippen LogP contribution in [-0.2, 0) is 0 Å². The van der Waals surface area contributed by atoms with E-state index in [-0.39, 0.29) is 0 Å². The van der Waals surface area contributed by atoms with Crippen LogP contribution < -0.4 is 0 Å². The number of hydrogen-bond acceptors (Lipinski definition) is 2. The number of para-hydroxylation sites is 2. The number of nitrogens with zero attached hydrogens (tertiary/aromatic N) is 3. The van der Waals surface area contributed by atoms with Crippen molar-refractivity contribution in [3.8, 4) is 34.0 Å². The standard InChI is InChI=1S/C42H25N3/c43-26-27-17-19-40-37(21-27)38-24-29(18-20-41(38)45(40)33-12-2-1-3-13-33)28-10-8-11-30(22-28)36-25-32-23-31-9-4-7-16-39(31)44-42(32)35-15-6-5-14-34(35)36/h1-25H. The van der Waals surface area contributed by atoms with Crippen molar-refractivity contribution >= 4 is 54.4 Å². The highest BCUT2D eigenvalue weighted by atomic mass is 15.0. The van der Waals surface area contributed by atoms with Crippen molar-refractivity contribution in [3.63, 3.8) is 0 Å². The molecule has 3 nitrogen and oxygen atoms in total. The van der Waals surface area contributed by atoms with Gasteiger partial charge in [-0.2, -0.15) is 5.26 Å². The van der Waals surface area contributed by atoms with Gasteiger partial charge in [-0.25, -0.2) is 4.98 Å². The van der Waals surface area contributed by atoms with Gasteiger partial charge in [0.1, 0.15) is 0 Å². The second-order valence-corrected chi connectivity index (χ2v) is 11.5. The lowest BCUT2D eigenvalue weighted by Crippen LogP contribution is -1.93. The predicted octanol–water partition coefficient (Wildman–Crippen LogP) is 10.8. The van der Waals surface area contributed by atoms with Gasteiger partial charge in [0.25, 0.3) is 0 Å². The van der Waals surface area contributed by atoms with Crippen LogP contribution in [0.3, 0.4) is 0 Å². The average molecular weight is 572 g/mol. The van der Waals surface area contributed by atoms with Crippen LogP contribution in [0.2, 0.25) is 0 Å². The van der Waals surface area contributed by atoms with E-state index in [1.54, 1.807) is 0 Å². The third kappa shape index (κ3) is 4.01. The molecule has 0 saturated carbocycles. The Morgan fingerprint density at radius 1 is 0.489 bits per heavy atom. The monoisotopic (exact) mass is 571 g/mol. The number of aromatic nitrogens is 2. The number of rotatable bonds is 3. The molecule has 0 unspecified atom stereocenters. The molecule has 9 rings (SSSR count). The summed E-state index contributed by atoms with van der Waals surface area (Å²) in [6.45, 7) is 0. The highest BCUT2D eigenvalue weighted by molar-refractivity contribution is 6.14. The Morgan fingerprint density at radius 3 is 2.07 bits per heavy atom. The first-order chi connectivity index (χ1) is 22.2. The molecule has 0 aliphatic rings. The van der Waals surface area contributed by atoms with E-state index in [1.807, 2.05) is 24.3 Å². The first-order valence-electron chi connectivity index (χ1n) is 15.1. The van der Waals surface area contributed by atoms with Gasteiger partial charge < -0.3 is 4.57 Å². The maximum Gasteiger partial charge on any atom is 0.0991 e. The Balaban J connectivity index is 1.25. The zero-order valence-corrected chi connectivity index (χ0v) is 24.3. The quantitative estimate of drug-likeness (QED) is 0.156. The van der Waals surface area contributed by atoms with Gasteiger partial charge in [0.15, 0.2) is 0 Å². The molecule has 3 heteroatoms. The van der Waals surface area contributed by atoms with E-state index in [0.29, 0.717) is 5.56 Å².